The van der Waals surface area contributed by atoms with Crippen molar-refractivity contribution in [1.82, 2.24) is 9.80 Å². The number of fused-ring (bicyclic) bond motifs is 3. The van der Waals surface area contributed by atoms with Gasteiger partial charge in [0.2, 0.25) is 5.91 Å². The van der Waals surface area contributed by atoms with Crippen molar-refractivity contribution in [2.75, 3.05) is 13.1 Å². The largest absolute Gasteiger partial charge is 0.457 e. The number of amides is 1. The molecule has 116 valence electrons. The fourth-order valence-electron chi connectivity index (χ4n) is 3.76. The molecular weight excluding hydrogens is 272 g/mol. The minimum Gasteiger partial charge on any atom is -0.457 e. The van der Waals surface area contributed by atoms with E-state index < -0.39 is 17.2 Å². The Hall–Kier alpha value is -1.43. The van der Waals surface area contributed by atoms with Gasteiger partial charge in [0.25, 0.3) is 5.66 Å². The number of carbonyl (C=O) groups excluding carboxylic acids is 3. The molecule has 0 radical (unpaired) electrons. The highest BCUT2D eigenvalue weighted by molar-refractivity contribution is 6.12. The van der Waals surface area contributed by atoms with Gasteiger partial charge in [0.15, 0.2) is 5.78 Å². The number of Topliss-reactive ketones (excluding diaryl/α,β-unsaturated/α-hetero) is 1. The molecule has 0 aromatic carbocycles. The van der Waals surface area contributed by atoms with Crippen LogP contribution >= 0.6 is 0 Å². The van der Waals surface area contributed by atoms with E-state index >= 15 is 0 Å². The standard InChI is InChI=1S/C15H22N2O4/c1-14(2,3)21-13(20)15-11(18)7-8-16(15)9-10-5-4-6-12(19)17(10)15/h10H,4-9H2,1-3H3/t10-,15+/m0/s1. The summed E-state index contributed by atoms with van der Waals surface area (Å²) in [5.41, 5.74) is -2.17. The van der Waals surface area contributed by atoms with E-state index in [1.54, 1.807) is 20.8 Å². The Morgan fingerprint density at radius 2 is 2.00 bits per heavy atom. The summed E-state index contributed by atoms with van der Waals surface area (Å²) in [6.45, 7) is 6.44. The molecule has 0 unspecified atom stereocenters. The Morgan fingerprint density at radius 1 is 1.29 bits per heavy atom. The van der Waals surface area contributed by atoms with Crippen LogP contribution in [0.25, 0.3) is 0 Å². The van der Waals surface area contributed by atoms with Crippen LogP contribution in [0.1, 0.15) is 46.5 Å². The van der Waals surface area contributed by atoms with Crippen LogP contribution in [0.2, 0.25) is 0 Å². The first-order valence-corrected chi connectivity index (χ1v) is 7.61. The predicted molar refractivity (Wildman–Crippen MR) is 74.3 cm³/mol. The van der Waals surface area contributed by atoms with Gasteiger partial charge in [-0.3, -0.25) is 14.5 Å². The van der Waals surface area contributed by atoms with E-state index in [9.17, 15) is 14.4 Å². The number of ketones is 1. The van der Waals surface area contributed by atoms with Gasteiger partial charge in [-0.15, -0.1) is 0 Å². The molecule has 3 rings (SSSR count). The molecular formula is C15H22N2O4. The minimum absolute atomic E-state index is 0.0389. The van der Waals surface area contributed by atoms with Crippen molar-refractivity contribution in [3.63, 3.8) is 0 Å². The molecule has 6 heteroatoms. The van der Waals surface area contributed by atoms with Crippen molar-refractivity contribution in [3.8, 4) is 0 Å². The summed E-state index contributed by atoms with van der Waals surface area (Å²) < 4.78 is 5.50. The fraction of sp³-hybridized carbons (Fsp3) is 0.800. The van der Waals surface area contributed by atoms with Crippen LogP contribution in [-0.2, 0) is 19.1 Å². The van der Waals surface area contributed by atoms with E-state index in [4.69, 9.17) is 4.74 Å². The first-order valence-electron chi connectivity index (χ1n) is 7.61. The summed E-state index contributed by atoms with van der Waals surface area (Å²) in [5, 5.41) is 0. The van der Waals surface area contributed by atoms with E-state index in [0.717, 1.165) is 12.8 Å². The molecule has 0 aromatic heterocycles. The maximum atomic E-state index is 12.8. The topological polar surface area (TPSA) is 66.9 Å². The Balaban J connectivity index is 2.03. The third kappa shape index (κ3) is 1.99. The average molecular weight is 294 g/mol. The van der Waals surface area contributed by atoms with E-state index in [-0.39, 0.29) is 17.7 Å². The summed E-state index contributed by atoms with van der Waals surface area (Å²) in [6.07, 6.45) is 2.38. The van der Waals surface area contributed by atoms with E-state index in [2.05, 4.69) is 0 Å². The fourth-order valence-corrected chi connectivity index (χ4v) is 3.76. The smallest absolute Gasteiger partial charge is 0.356 e. The molecule has 6 nitrogen and oxygen atoms in total. The maximum Gasteiger partial charge on any atom is 0.356 e. The summed E-state index contributed by atoms with van der Waals surface area (Å²) in [7, 11) is 0. The van der Waals surface area contributed by atoms with E-state index in [1.165, 1.54) is 4.90 Å². The normalized spacial score (nSPS) is 33.1. The van der Waals surface area contributed by atoms with Crippen LogP contribution in [0, 0.1) is 0 Å². The van der Waals surface area contributed by atoms with Gasteiger partial charge in [-0.1, -0.05) is 0 Å². The molecule has 0 N–H and O–H groups in total. The predicted octanol–water partition coefficient (Wildman–Crippen LogP) is 0.694. The molecule has 2 atom stereocenters. The lowest BCUT2D eigenvalue weighted by molar-refractivity contribution is -0.182. The van der Waals surface area contributed by atoms with Gasteiger partial charge in [-0.05, 0) is 33.6 Å². The zero-order valence-electron chi connectivity index (χ0n) is 12.8. The molecule has 0 aromatic rings. The van der Waals surface area contributed by atoms with Crippen molar-refractivity contribution in [2.45, 2.75) is 63.8 Å². The van der Waals surface area contributed by atoms with Gasteiger partial charge >= 0.3 is 5.97 Å². The molecule has 3 fully saturated rings. The molecule has 0 bridgehead atoms. The number of esters is 1. The summed E-state index contributed by atoms with van der Waals surface area (Å²) in [5.74, 6) is -0.889. The van der Waals surface area contributed by atoms with Gasteiger partial charge in [-0.2, -0.15) is 0 Å². The van der Waals surface area contributed by atoms with Crippen LogP contribution in [0.15, 0.2) is 0 Å². The molecule has 1 amide bonds. The van der Waals surface area contributed by atoms with E-state index in [1.807, 2.05) is 4.90 Å². The molecule has 21 heavy (non-hydrogen) atoms. The number of hydrogen-bond acceptors (Lipinski definition) is 5. The Bertz CT molecular complexity index is 510. The third-order valence-corrected chi connectivity index (χ3v) is 4.48. The molecule has 3 heterocycles. The second kappa shape index (κ2) is 4.53. The lowest BCUT2D eigenvalue weighted by atomic mass is 9.97. The van der Waals surface area contributed by atoms with Crippen LogP contribution in [0.4, 0.5) is 0 Å². The SMILES string of the molecule is CC(C)(C)OC(=O)[C@]12C(=O)CCN1C[C@@H]1CCCC(=O)N12. The van der Waals surface area contributed by atoms with Gasteiger partial charge < -0.3 is 9.64 Å². The lowest BCUT2D eigenvalue weighted by Gasteiger charge is -2.40. The van der Waals surface area contributed by atoms with Crippen molar-refractivity contribution in [3.05, 3.63) is 0 Å². The monoisotopic (exact) mass is 294 g/mol. The van der Waals surface area contributed by atoms with Crippen LogP contribution in [0.3, 0.4) is 0 Å². The first-order chi connectivity index (χ1) is 9.76. The van der Waals surface area contributed by atoms with Gasteiger partial charge in [0.05, 0.1) is 0 Å². The Kier molecular flexibility index (Phi) is 3.13. The number of rotatable bonds is 1. The van der Waals surface area contributed by atoms with Crippen molar-refractivity contribution < 1.29 is 19.1 Å². The molecule has 3 aliphatic heterocycles. The highest BCUT2D eigenvalue weighted by atomic mass is 16.6. The number of piperidine rings is 1. The molecule has 3 saturated heterocycles. The second-order valence-corrected chi connectivity index (χ2v) is 7.10. The highest BCUT2D eigenvalue weighted by Gasteiger charge is 2.67. The van der Waals surface area contributed by atoms with Crippen LogP contribution in [0.5, 0.6) is 0 Å². The zero-order valence-corrected chi connectivity index (χ0v) is 12.8. The van der Waals surface area contributed by atoms with E-state index in [0.29, 0.717) is 25.9 Å². The maximum absolute atomic E-state index is 12.8. The van der Waals surface area contributed by atoms with Crippen LogP contribution in [-0.4, -0.2) is 57.9 Å². The summed E-state index contributed by atoms with van der Waals surface area (Å²) in [4.78, 5) is 41.1. The highest BCUT2D eigenvalue weighted by Crippen LogP contribution is 2.43. The number of carbonyl (C=O) groups is 3. The Labute approximate surface area is 124 Å². The average Bonchev–Trinajstić information content (AvgIpc) is 2.84. The molecule has 3 aliphatic rings. The Morgan fingerprint density at radius 3 is 2.67 bits per heavy atom. The number of ether oxygens (including phenoxy) is 1. The lowest BCUT2D eigenvalue weighted by Crippen LogP contribution is -2.65. The molecule has 0 spiro atoms. The number of hydrogen-bond donors (Lipinski definition) is 0. The van der Waals surface area contributed by atoms with Gasteiger partial charge in [-0.25, -0.2) is 4.79 Å². The minimum atomic E-state index is -1.49. The molecule has 0 aliphatic carbocycles. The van der Waals surface area contributed by atoms with Crippen molar-refractivity contribution in [2.24, 2.45) is 0 Å². The van der Waals surface area contributed by atoms with Gasteiger partial charge in [0.1, 0.15) is 5.60 Å². The second-order valence-electron chi connectivity index (χ2n) is 7.10. The summed E-state index contributed by atoms with van der Waals surface area (Å²) >= 11 is 0. The molecule has 0 saturated carbocycles. The quantitative estimate of drug-likeness (QED) is 0.526. The first kappa shape index (κ1) is 14.5. The zero-order chi connectivity index (χ0) is 15.4. The van der Waals surface area contributed by atoms with Gasteiger partial charge in [0, 0.05) is 32.0 Å². The number of nitrogens with zero attached hydrogens (tertiary/aromatic N) is 2. The third-order valence-electron chi connectivity index (χ3n) is 4.48. The summed E-state index contributed by atoms with van der Waals surface area (Å²) in [6, 6.07) is -0.0389. The van der Waals surface area contributed by atoms with Crippen molar-refractivity contribution in [1.29, 1.82) is 0 Å². The van der Waals surface area contributed by atoms with Crippen molar-refractivity contribution >= 4 is 17.7 Å². The van der Waals surface area contributed by atoms with Crippen LogP contribution < -0.4 is 0 Å².